The van der Waals surface area contributed by atoms with E-state index in [1.807, 2.05) is 0 Å². The van der Waals surface area contributed by atoms with Crippen LogP contribution in [0.4, 0.5) is 0 Å². The minimum Gasteiger partial charge on any atom is -0.481 e. The molecule has 2 unspecified atom stereocenters. The maximum atomic E-state index is 12.1. The molecule has 0 saturated heterocycles. The van der Waals surface area contributed by atoms with Gasteiger partial charge >= 0.3 is 11.9 Å². The minimum atomic E-state index is -1.12. The first-order valence-electron chi connectivity index (χ1n) is 12.2. The largest absolute Gasteiger partial charge is 0.481 e. The monoisotopic (exact) mass is 521 g/mol. The van der Waals surface area contributed by atoms with Crippen molar-refractivity contribution < 1.29 is 29.4 Å². The molecular weight excluding hydrogens is 478 g/mol. The number of carboxylic acid groups (broad SMARTS) is 2. The number of carboxylic acids is 2. The Bertz CT molecular complexity index is 545. The summed E-state index contributed by atoms with van der Waals surface area (Å²) in [5.74, 6) is -3.00. The van der Waals surface area contributed by atoms with Gasteiger partial charge in [0.15, 0.2) is 0 Å². The second-order valence-corrected chi connectivity index (χ2v) is 11.0. The number of nitrogens with two attached hydrogens (primary N) is 2. The van der Waals surface area contributed by atoms with Gasteiger partial charge in [-0.05, 0) is 38.8 Å². The van der Waals surface area contributed by atoms with E-state index in [9.17, 15) is 29.4 Å². The molecule has 0 aromatic carbocycles. The van der Waals surface area contributed by atoms with Gasteiger partial charge in [-0.3, -0.25) is 14.4 Å². The Morgan fingerprint density at radius 3 is 1.71 bits per heavy atom. The Morgan fingerprint density at radius 2 is 1.18 bits per heavy atom. The second-order valence-electron chi connectivity index (χ2n) is 8.42. The third kappa shape index (κ3) is 19.1. The van der Waals surface area contributed by atoms with E-state index in [0.717, 1.165) is 57.8 Å². The molecule has 0 aliphatic rings. The maximum Gasteiger partial charge on any atom is 0.327 e. The van der Waals surface area contributed by atoms with Crippen molar-refractivity contribution in [3.63, 3.8) is 0 Å². The Labute approximate surface area is 211 Å². The van der Waals surface area contributed by atoms with Crippen LogP contribution in [0.5, 0.6) is 0 Å². The lowest BCUT2D eigenvalue weighted by molar-refractivity contribution is -0.143. The Balaban J connectivity index is 4.18. The molecule has 0 rings (SSSR count). The van der Waals surface area contributed by atoms with Crippen LogP contribution in [0, 0.1) is 5.92 Å². The summed E-state index contributed by atoms with van der Waals surface area (Å²) in [6.07, 6.45) is 9.98. The molecule has 2 atom stereocenters. The summed E-state index contributed by atoms with van der Waals surface area (Å²) < 4.78 is 0. The van der Waals surface area contributed by atoms with Gasteiger partial charge < -0.3 is 27.0 Å². The standard InChI is InChI=1S/C23H43N3O6S2/c24-13-9-5-1-3-7-11-19(27)15-18(22(29)30)16-33-34-17-20(23(31)32)26-21(28)12-8-4-2-6-10-14-25/h18,20H,1-17,24-25H2,(H,26,28)(H,29,30)(H,31,32). The number of hydrogen-bond acceptors (Lipinski definition) is 8. The molecule has 0 aromatic rings. The van der Waals surface area contributed by atoms with E-state index in [2.05, 4.69) is 5.32 Å². The fraction of sp³-hybridized carbons (Fsp3) is 0.826. The minimum absolute atomic E-state index is 0.0178. The summed E-state index contributed by atoms with van der Waals surface area (Å²) in [6, 6.07) is -1.04. The van der Waals surface area contributed by atoms with Crippen molar-refractivity contribution in [2.75, 3.05) is 24.6 Å². The van der Waals surface area contributed by atoms with Crippen LogP contribution in [0.1, 0.15) is 83.5 Å². The second kappa shape index (κ2) is 22.2. The summed E-state index contributed by atoms with van der Waals surface area (Å²) in [5.41, 5.74) is 10.9. The van der Waals surface area contributed by atoms with E-state index in [-0.39, 0.29) is 36.0 Å². The molecule has 9 nitrogen and oxygen atoms in total. The van der Waals surface area contributed by atoms with E-state index in [0.29, 0.717) is 25.9 Å². The normalized spacial score (nSPS) is 12.8. The molecule has 0 spiro atoms. The van der Waals surface area contributed by atoms with Gasteiger partial charge in [-0.15, -0.1) is 0 Å². The van der Waals surface area contributed by atoms with Crippen LogP contribution < -0.4 is 16.8 Å². The molecule has 0 aliphatic carbocycles. The van der Waals surface area contributed by atoms with E-state index in [4.69, 9.17) is 11.5 Å². The quantitative estimate of drug-likeness (QED) is 0.0937. The molecule has 0 aromatic heterocycles. The summed E-state index contributed by atoms with van der Waals surface area (Å²) in [6.45, 7) is 1.33. The van der Waals surface area contributed by atoms with Crippen molar-refractivity contribution in [2.45, 2.75) is 89.5 Å². The van der Waals surface area contributed by atoms with Crippen molar-refractivity contribution in [3.8, 4) is 0 Å². The van der Waals surface area contributed by atoms with Crippen LogP contribution in [0.3, 0.4) is 0 Å². The lowest BCUT2D eigenvalue weighted by Gasteiger charge is -2.15. The fourth-order valence-corrected chi connectivity index (χ4v) is 5.70. The highest BCUT2D eigenvalue weighted by Crippen LogP contribution is 2.27. The van der Waals surface area contributed by atoms with Gasteiger partial charge in [-0.2, -0.15) is 0 Å². The van der Waals surface area contributed by atoms with Crippen LogP contribution in [0.25, 0.3) is 0 Å². The number of aliphatic carboxylic acids is 2. The van der Waals surface area contributed by atoms with E-state index in [1.54, 1.807) is 0 Å². The average molecular weight is 522 g/mol. The number of rotatable bonds is 24. The Hall–Kier alpha value is -1.30. The van der Waals surface area contributed by atoms with Crippen LogP contribution in [0.2, 0.25) is 0 Å². The predicted molar refractivity (Wildman–Crippen MR) is 139 cm³/mol. The van der Waals surface area contributed by atoms with E-state index < -0.39 is 23.9 Å². The Morgan fingerprint density at radius 1 is 0.676 bits per heavy atom. The first-order chi connectivity index (χ1) is 16.3. The molecule has 0 aliphatic heterocycles. The number of nitrogens with one attached hydrogen (secondary N) is 1. The van der Waals surface area contributed by atoms with Crippen LogP contribution >= 0.6 is 21.6 Å². The zero-order valence-electron chi connectivity index (χ0n) is 20.2. The van der Waals surface area contributed by atoms with Gasteiger partial charge in [0.25, 0.3) is 0 Å². The third-order valence-corrected chi connectivity index (χ3v) is 7.80. The third-order valence-electron chi connectivity index (χ3n) is 5.31. The highest BCUT2D eigenvalue weighted by Gasteiger charge is 2.23. The molecule has 11 heteroatoms. The summed E-state index contributed by atoms with van der Waals surface area (Å²) >= 11 is 0. The lowest BCUT2D eigenvalue weighted by Crippen LogP contribution is -2.42. The predicted octanol–water partition coefficient (Wildman–Crippen LogP) is 3.20. The van der Waals surface area contributed by atoms with Crippen molar-refractivity contribution in [1.82, 2.24) is 5.32 Å². The van der Waals surface area contributed by atoms with Gasteiger partial charge in [0.2, 0.25) is 5.91 Å². The molecule has 0 fully saturated rings. The van der Waals surface area contributed by atoms with Gasteiger partial charge in [0, 0.05) is 30.8 Å². The number of carbonyl (C=O) groups is 4. The number of ketones is 1. The topological polar surface area (TPSA) is 173 Å². The highest BCUT2D eigenvalue weighted by atomic mass is 33.1. The van der Waals surface area contributed by atoms with Gasteiger partial charge in [0.05, 0.1) is 5.92 Å². The van der Waals surface area contributed by atoms with Crippen molar-refractivity contribution in [2.24, 2.45) is 17.4 Å². The zero-order valence-corrected chi connectivity index (χ0v) is 21.8. The van der Waals surface area contributed by atoms with Crippen molar-refractivity contribution in [1.29, 1.82) is 0 Å². The van der Waals surface area contributed by atoms with Crippen LogP contribution in [-0.4, -0.2) is 64.5 Å². The van der Waals surface area contributed by atoms with Crippen LogP contribution in [0.15, 0.2) is 0 Å². The zero-order chi connectivity index (χ0) is 25.6. The molecule has 34 heavy (non-hydrogen) atoms. The molecule has 198 valence electrons. The van der Waals surface area contributed by atoms with E-state index >= 15 is 0 Å². The number of carbonyl (C=O) groups excluding carboxylic acids is 2. The van der Waals surface area contributed by atoms with Crippen molar-refractivity contribution >= 4 is 45.2 Å². The number of Topliss-reactive ketones (excluding diaryl/α,β-unsaturated/α-hetero) is 1. The number of unbranched alkanes of at least 4 members (excludes halogenated alkanes) is 8. The van der Waals surface area contributed by atoms with Crippen LogP contribution in [-0.2, 0) is 19.2 Å². The van der Waals surface area contributed by atoms with Gasteiger partial charge in [-0.1, -0.05) is 60.1 Å². The molecular formula is C23H43N3O6S2. The lowest BCUT2D eigenvalue weighted by atomic mass is 10.0. The first kappa shape index (κ1) is 32.7. The summed E-state index contributed by atoms with van der Waals surface area (Å²) in [4.78, 5) is 47.1. The summed E-state index contributed by atoms with van der Waals surface area (Å²) in [7, 11) is 2.41. The summed E-state index contributed by atoms with van der Waals surface area (Å²) in [5, 5.41) is 21.3. The molecule has 1 amide bonds. The molecule has 0 bridgehead atoms. The smallest absolute Gasteiger partial charge is 0.327 e. The maximum absolute atomic E-state index is 12.1. The molecule has 0 saturated carbocycles. The molecule has 7 N–H and O–H groups in total. The Kier molecular flexibility index (Phi) is 21.3. The number of hydrogen-bond donors (Lipinski definition) is 5. The van der Waals surface area contributed by atoms with Gasteiger partial charge in [-0.25, -0.2) is 4.79 Å². The fourth-order valence-electron chi connectivity index (χ4n) is 3.24. The molecule has 0 heterocycles. The SMILES string of the molecule is NCCCCCCCC(=O)CC(CSSCC(NC(=O)CCCCCCCN)C(=O)O)C(=O)O. The van der Waals surface area contributed by atoms with Gasteiger partial charge in [0.1, 0.15) is 11.8 Å². The van der Waals surface area contributed by atoms with E-state index in [1.165, 1.54) is 21.6 Å². The average Bonchev–Trinajstić information content (AvgIpc) is 2.79. The number of amides is 1. The highest BCUT2D eigenvalue weighted by molar-refractivity contribution is 8.76. The van der Waals surface area contributed by atoms with Crippen molar-refractivity contribution in [3.05, 3.63) is 0 Å². The molecule has 0 radical (unpaired) electrons. The first-order valence-corrected chi connectivity index (χ1v) is 14.7.